The maximum atomic E-state index is 13.4. The first-order valence-electron chi connectivity index (χ1n) is 13.0. The van der Waals surface area contributed by atoms with Crippen molar-refractivity contribution in [1.82, 2.24) is 19.9 Å². The van der Waals surface area contributed by atoms with E-state index in [1.165, 1.54) is 11.3 Å². The highest BCUT2D eigenvalue weighted by molar-refractivity contribution is 7.90. The smallest absolute Gasteiger partial charge is 0.252 e. The molecular formula is C25H30F2N6O4S2. The number of hydrogen-bond donors (Lipinski definition) is 4. The van der Waals surface area contributed by atoms with E-state index in [0.29, 0.717) is 22.2 Å². The number of nitrogens with zero attached hydrogens (tertiary/aromatic N) is 4. The van der Waals surface area contributed by atoms with Crippen LogP contribution in [0.25, 0.3) is 20.8 Å². The average molecular weight is 581 g/mol. The molecule has 0 spiro atoms. The van der Waals surface area contributed by atoms with Crippen molar-refractivity contribution < 1.29 is 27.4 Å². The summed E-state index contributed by atoms with van der Waals surface area (Å²) in [5, 5.41) is 28.9. The second-order valence-corrected chi connectivity index (χ2v) is 14.4. The van der Waals surface area contributed by atoms with Crippen molar-refractivity contribution in [1.29, 1.82) is 0 Å². The molecule has 39 heavy (non-hydrogen) atoms. The summed E-state index contributed by atoms with van der Waals surface area (Å²) < 4.78 is 51.6. The first-order chi connectivity index (χ1) is 18.3. The van der Waals surface area contributed by atoms with Gasteiger partial charge in [-0.15, -0.1) is 11.3 Å². The Morgan fingerprint density at radius 1 is 1.18 bits per heavy atom. The number of pyridine rings is 1. The molecule has 3 heterocycles. The Bertz CT molecular complexity index is 1540. The van der Waals surface area contributed by atoms with Crippen LogP contribution in [-0.4, -0.2) is 74.4 Å². The minimum Gasteiger partial charge on any atom is -0.388 e. The molecule has 0 bridgehead atoms. The topological polar surface area (TPSA) is 150 Å². The van der Waals surface area contributed by atoms with Crippen molar-refractivity contribution in [2.75, 3.05) is 22.6 Å². The van der Waals surface area contributed by atoms with Crippen molar-refractivity contribution >= 4 is 43.2 Å². The molecule has 0 radical (unpaired) electrons. The Kier molecular flexibility index (Phi) is 6.32. The number of aliphatic hydroxyl groups is 2. The second kappa shape index (κ2) is 9.25. The minimum atomic E-state index is -3.38. The number of alkyl halides is 2. The molecule has 0 amide bonds. The van der Waals surface area contributed by atoms with Gasteiger partial charge in [-0.05, 0) is 38.7 Å². The molecule has 210 valence electrons. The van der Waals surface area contributed by atoms with Gasteiger partial charge in [-0.2, -0.15) is 4.98 Å². The summed E-state index contributed by atoms with van der Waals surface area (Å²) in [5.74, 6) is -2.97. The number of halogens is 2. The zero-order valence-electron chi connectivity index (χ0n) is 21.5. The molecule has 3 fully saturated rings. The second-order valence-electron chi connectivity index (χ2n) is 11.2. The Hall–Kier alpha value is -2.55. The monoisotopic (exact) mass is 580 g/mol. The van der Waals surface area contributed by atoms with E-state index in [1.54, 1.807) is 13.1 Å². The standard InChI is InChI=1S/C25H30F2N6O4S2/c1-12-17(22-31-19-16(38-22)6-8-28-18(19)13-3-4-13)21(32-23(29-12)30-15-9-24(26,27)10-15)33-25(35)7-5-14(20(25)34)11-39(2,36)37/h6,8,13-15,20,34-35H,3-5,7,9-11H2,1-2H3,(H2,29,30,32,33)/t14-,20-,25+/m1/s1. The average Bonchev–Trinajstić information content (AvgIpc) is 3.51. The molecule has 0 aromatic carbocycles. The van der Waals surface area contributed by atoms with Crippen LogP contribution >= 0.6 is 11.3 Å². The van der Waals surface area contributed by atoms with Gasteiger partial charge in [-0.25, -0.2) is 27.2 Å². The summed E-state index contributed by atoms with van der Waals surface area (Å²) in [5.41, 5.74) is 0.903. The fraction of sp³-hybridized carbons (Fsp3) is 0.600. The largest absolute Gasteiger partial charge is 0.388 e. The maximum absolute atomic E-state index is 13.4. The predicted molar refractivity (Wildman–Crippen MR) is 144 cm³/mol. The highest BCUT2D eigenvalue weighted by Crippen LogP contribution is 2.45. The van der Waals surface area contributed by atoms with Crippen LogP contribution in [0.4, 0.5) is 20.5 Å². The normalized spacial score (nSPS) is 27.0. The maximum Gasteiger partial charge on any atom is 0.252 e. The van der Waals surface area contributed by atoms with Crippen molar-refractivity contribution in [2.24, 2.45) is 5.92 Å². The SMILES string of the molecule is Cc1nc(NC2CC(F)(F)C2)nc(N[C@]2(O)CC[C@H](CS(C)(=O)=O)[C@H]2O)c1-c1nc2c(C3CC3)nccc2s1. The summed E-state index contributed by atoms with van der Waals surface area (Å²) in [7, 11) is -3.38. The summed E-state index contributed by atoms with van der Waals surface area (Å²) in [6.45, 7) is 1.75. The molecular weight excluding hydrogens is 550 g/mol. The van der Waals surface area contributed by atoms with Crippen LogP contribution in [0.5, 0.6) is 0 Å². The van der Waals surface area contributed by atoms with Crippen molar-refractivity contribution in [3.8, 4) is 10.6 Å². The highest BCUT2D eigenvalue weighted by Gasteiger charge is 2.49. The molecule has 3 aliphatic carbocycles. The highest BCUT2D eigenvalue weighted by atomic mass is 32.2. The lowest BCUT2D eigenvalue weighted by atomic mass is 9.88. The number of nitrogens with one attached hydrogen (secondary N) is 2. The third kappa shape index (κ3) is 5.31. The summed E-state index contributed by atoms with van der Waals surface area (Å²) >= 11 is 1.43. The number of aryl methyl sites for hydroxylation is 1. The predicted octanol–water partition coefficient (Wildman–Crippen LogP) is 3.46. The number of thiazole rings is 1. The molecule has 3 saturated carbocycles. The number of aromatic nitrogens is 4. The summed E-state index contributed by atoms with van der Waals surface area (Å²) in [4.78, 5) is 18.5. The van der Waals surface area contributed by atoms with Crippen LogP contribution in [0.1, 0.15) is 55.8 Å². The molecule has 6 rings (SSSR count). The van der Waals surface area contributed by atoms with Gasteiger partial charge in [-0.3, -0.25) is 4.98 Å². The van der Waals surface area contributed by atoms with Gasteiger partial charge in [0.15, 0.2) is 5.72 Å². The van der Waals surface area contributed by atoms with Crippen molar-refractivity contribution in [2.45, 2.75) is 75.2 Å². The van der Waals surface area contributed by atoms with Gasteiger partial charge in [0, 0.05) is 43.2 Å². The number of fused-ring (bicyclic) bond motifs is 1. The van der Waals surface area contributed by atoms with Gasteiger partial charge >= 0.3 is 0 Å². The minimum absolute atomic E-state index is 0.0873. The van der Waals surface area contributed by atoms with E-state index in [4.69, 9.17) is 4.98 Å². The number of aliphatic hydroxyl groups excluding tert-OH is 1. The molecule has 3 aliphatic rings. The molecule has 4 N–H and O–H groups in total. The first-order valence-corrected chi connectivity index (χ1v) is 15.8. The molecule has 3 atom stereocenters. The van der Waals surface area contributed by atoms with Crippen LogP contribution < -0.4 is 10.6 Å². The molecule has 0 saturated heterocycles. The fourth-order valence-corrected chi connectivity index (χ4v) is 7.77. The lowest BCUT2D eigenvalue weighted by Gasteiger charge is -2.35. The Morgan fingerprint density at radius 2 is 1.92 bits per heavy atom. The lowest BCUT2D eigenvalue weighted by molar-refractivity contribution is -0.0794. The molecule has 3 aromatic rings. The quantitative estimate of drug-likeness (QED) is 0.292. The number of rotatable bonds is 8. The molecule has 3 aromatic heterocycles. The van der Waals surface area contributed by atoms with Crippen molar-refractivity contribution in [3.05, 3.63) is 23.7 Å². The summed E-state index contributed by atoms with van der Waals surface area (Å²) in [6.07, 6.45) is 3.33. The molecule has 0 unspecified atom stereocenters. The van der Waals surface area contributed by atoms with Crippen LogP contribution in [0.3, 0.4) is 0 Å². The van der Waals surface area contributed by atoms with E-state index in [-0.39, 0.29) is 43.2 Å². The van der Waals surface area contributed by atoms with Crippen LogP contribution in [-0.2, 0) is 9.84 Å². The number of hydrogen-bond acceptors (Lipinski definition) is 11. The Balaban J connectivity index is 1.39. The van der Waals surface area contributed by atoms with Crippen LogP contribution in [0.2, 0.25) is 0 Å². The fourth-order valence-electron chi connectivity index (χ4n) is 5.57. The van der Waals surface area contributed by atoms with E-state index < -0.39 is 39.5 Å². The van der Waals surface area contributed by atoms with Gasteiger partial charge < -0.3 is 20.8 Å². The van der Waals surface area contributed by atoms with Crippen LogP contribution in [0.15, 0.2) is 12.3 Å². The van der Waals surface area contributed by atoms with E-state index >= 15 is 0 Å². The Labute approximate surface area is 228 Å². The zero-order valence-corrected chi connectivity index (χ0v) is 23.1. The van der Waals surface area contributed by atoms with Gasteiger partial charge in [0.05, 0.1) is 27.4 Å². The third-order valence-electron chi connectivity index (χ3n) is 7.71. The van der Waals surface area contributed by atoms with Gasteiger partial charge in [0.1, 0.15) is 32.3 Å². The molecule has 0 aliphatic heterocycles. The number of anilines is 2. The van der Waals surface area contributed by atoms with Gasteiger partial charge in [0.2, 0.25) is 5.95 Å². The van der Waals surface area contributed by atoms with E-state index in [2.05, 4.69) is 25.6 Å². The lowest BCUT2D eigenvalue weighted by Crippen LogP contribution is -2.48. The molecule has 10 nitrogen and oxygen atoms in total. The van der Waals surface area contributed by atoms with E-state index in [9.17, 15) is 27.4 Å². The van der Waals surface area contributed by atoms with Gasteiger partial charge in [-0.1, -0.05) is 0 Å². The third-order valence-corrected chi connectivity index (χ3v) is 9.78. The van der Waals surface area contributed by atoms with Crippen LogP contribution in [0, 0.1) is 12.8 Å². The summed E-state index contributed by atoms with van der Waals surface area (Å²) in [6, 6.07) is 1.40. The van der Waals surface area contributed by atoms with E-state index in [1.807, 2.05) is 6.07 Å². The van der Waals surface area contributed by atoms with Gasteiger partial charge in [0.25, 0.3) is 5.92 Å². The van der Waals surface area contributed by atoms with Crippen molar-refractivity contribution in [3.63, 3.8) is 0 Å². The first kappa shape index (κ1) is 26.7. The van der Waals surface area contributed by atoms with E-state index in [0.717, 1.165) is 35.0 Å². The Morgan fingerprint density at radius 3 is 2.59 bits per heavy atom. The number of sulfone groups is 1. The molecule has 14 heteroatoms. The zero-order chi connectivity index (χ0) is 27.7.